The van der Waals surface area contributed by atoms with Crippen molar-refractivity contribution >= 4 is 54.1 Å². The Morgan fingerprint density at radius 3 is 2.45 bits per heavy atom. The monoisotopic (exact) mass is 394 g/mol. The van der Waals surface area contributed by atoms with E-state index in [-0.39, 0.29) is 5.43 Å². The molecule has 0 atom stereocenters. The van der Waals surface area contributed by atoms with E-state index in [0.717, 1.165) is 20.2 Å². The number of aryl methyl sites for hydroxylation is 1. The van der Waals surface area contributed by atoms with Gasteiger partial charge in [0.05, 0.1) is 0 Å². The molecule has 0 spiro atoms. The maximum absolute atomic E-state index is 12.7. The molecule has 0 aliphatic carbocycles. The summed E-state index contributed by atoms with van der Waals surface area (Å²) < 4.78 is 3.41. The summed E-state index contributed by atoms with van der Waals surface area (Å²) in [6.45, 7) is 6.40. The first-order valence-electron chi connectivity index (χ1n) is 6.64. The maximum atomic E-state index is 12.7. The minimum absolute atomic E-state index is 0.159. The van der Waals surface area contributed by atoms with Gasteiger partial charge in [0.15, 0.2) is 5.43 Å². The van der Waals surface area contributed by atoms with Crippen molar-refractivity contribution in [3.05, 3.63) is 55.3 Å². The quantitative estimate of drug-likeness (QED) is 0.396. The van der Waals surface area contributed by atoms with Crippen molar-refractivity contribution < 1.29 is 0 Å². The summed E-state index contributed by atoms with van der Waals surface area (Å²) in [5.74, 6) is 0.435. The third kappa shape index (κ3) is 2.27. The summed E-state index contributed by atoms with van der Waals surface area (Å²) in [5.41, 5.74) is 2.61. The average molecular weight is 394 g/mol. The average Bonchev–Trinajstić information content (AvgIpc) is 2.37. The predicted octanol–water partition coefficient (Wildman–Crippen LogP) is 5.45. The molecule has 3 aromatic rings. The van der Waals surface area contributed by atoms with Crippen molar-refractivity contribution in [1.82, 2.24) is 0 Å². The standard InChI is InChI=1S/C17H15IOS/c1-9(2)12-7-13-16(8-14(12)18)20-15-6-10(3)4-5-11(15)17(13)19/h4-9H,1-3H3. The van der Waals surface area contributed by atoms with Crippen molar-refractivity contribution in [1.29, 1.82) is 0 Å². The van der Waals surface area contributed by atoms with Crippen LogP contribution < -0.4 is 5.43 Å². The molecule has 3 heteroatoms. The van der Waals surface area contributed by atoms with Crippen LogP contribution in [0.1, 0.15) is 30.9 Å². The molecule has 2 aromatic carbocycles. The zero-order chi connectivity index (χ0) is 14.4. The Balaban J connectivity index is 2.47. The van der Waals surface area contributed by atoms with Gasteiger partial charge < -0.3 is 0 Å². The van der Waals surface area contributed by atoms with E-state index in [1.54, 1.807) is 11.3 Å². The summed E-state index contributed by atoms with van der Waals surface area (Å²) in [7, 11) is 0. The first-order valence-corrected chi connectivity index (χ1v) is 8.53. The van der Waals surface area contributed by atoms with Crippen molar-refractivity contribution in [2.24, 2.45) is 0 Å². The Hall–Kier alpha value is -0.940. The molecule has 1 aromatic heterocycles. The van der Waals surface area contributed by atoms with Crippen LogP contribution in [0.25, 0.3) is 20.2 Å². The van der Waals surface area contributed by atoms with Crippen LogP contribution in [0.2, 0.25) is 0 Å². The highest BCUT2D eigenvalue weighted by atomic mass is 127. The van der Waals surface area contributed by atoms with Crippen LogP contribution in [0.5, 0.6) is 0 Å². The fraction of sp³-hybridized carbons (Fsp3) is 0.235. The molecular weight excluding hydrogens is 379 g/mol. The van der Waals surface area contributed by atoms with Crippen LogP contribution in [0.3, 0.4) is 0 Å². The maximum Gasteiger partial charge on any atom is 0.195 e. The summed E-state index contributed by atoms with van der Waals surface area (Å²) in [4.78, 5) is 12.7. The Morgan fingerprint density at radius 1 is 1.05 bits per heavy atom. The van der Waals surface area contributed by atoms with E-state index in [0.29, 0.717) is 5.92 Å². The highest BCUT2D eigenvalue weighted by molar-refractivity contribution is 14.1. The molecular formula is C17H15IOS. The second-order valence-corrected chi connectivity index (χ2v) is 7.70. The van der Waals surface area contributed by atoms with Gasteiger partial charge in [-0.1, -0.05) is 19.9 Å². The topological polar surface area (TPSA) is 17.1 Å². The first-order chi connectivity index (χ1) is 9.47. The molecule has 0 aliphatic heterocycles. The van der Waals surface area contributed by atoms with Crippen molar-refractivity contribution in [2.45, 2.75) is 26.7 Å². The normalized spacial score (nSPS) is 11.7. The lowest BCUT2D eigenvalue weighted by molar-refractivity contribution is 0.862. The summed E-state index contributed by atoms with van der Waals surface area (Å²) in [5, 5.41) is 1.69. The van der Waals surface area contributed by atoms with Gasteiger partial charge in [0.25, 0.3) is 0 Å². The third-order valence-electron chi connectivity index (χ3n) is 3.57. The second kappa shape index (κ2) is 5.11. The Morgan fingerprint density at radius 2 is 1.75 bits per heavy atom. The molecule has 0 bridgehead atoms. The molecule has 102 valence electrons. The molecule has 1 heterocycles. The van der Waals surface area contributed by atoms with Gasteiger partial charge in [-0.2, -0.15) is 0 Å². The van der Waals surface area contributed by atoms with E-state index in [1.807, 2.05) is 12.1 Å². The second-order valence-electron chi connectivity index (χ2n) is 5.46. The number of hydrogen-bond acceptors (Lipinski definition) is 2. The molecule has 0 radical (unpaired) electrons. The number of rotatable bonds is 1. The van der Waals surface area contributed by atoms with Gasteiger partial charge in [-0.15, -0.1) is 11.3 Å². The lowest BCUT2D eigenvalue weighted by Crippen LogP contribution is -2.03. The molecule has 0 amide bonds. The SMILES string of the molecule is Cc1ccc2c(=O)c3cc(C(C)C)c(I)cc3sc2c1. The lowest BCUT2D eigenvalue weighted by Gasteiger charge is -2.10. The molecule has 0 saturated heterocycles. The minimum Gasteiger partial charge on any atom is -0.289 e. The lowest BCUT2D eigenvalue weighted by atomic mass is 10.0. The van der Waals surface area contributed by atoms with Gasteiger partial charge in [0, 0.05) is 23.7 Å². The number of hydrogen-bond donors (Lipinski definition) is 0. The zero-order valence-electron chi connectivity index (χ0n) is 11.7. The van der Waals surface area contributed by atoms with Crippen LogP contribution >= 0.6 is 33.9 Å². The zero-order valence-corrected chi connectivity index (χ0v) is 14.6. The predicted molar refractivity (Wildman–Crippen MR) is 97.1 cm³/mol. The van der Waals surface area contributed by atoms with Gasteiger partial charge >= 0.3 is 0 Å². The van der Waals surface area contributed by atoms with Crippen LogP contribution in [0.15, 0.2) is 35.1 Å². The molecule has 20 heavy (non-hydrogen) atoms. The fourth-order valence-electron chi connectivity index (χ4n) is 2.44. The van der Waals surface area contributed by atoms with Crippen LogP contribution in [-0.2, 0) is 0 Å². The van der Waals surface area contributed by atoms with Gasteiger partial charge in [-0.25, -0.2) is 0 Å². The van der Waals surface area contributed by atoms with Crippen LogP contribution in [-0.4, -0.2) is 0 Å². The summed E-state index contributed by atoms with van der Waals surface area (Å²) in [6, 6.07) is 10.3. The molecule has 0 saturated carbocycles. The van der Waals surface area contributed by atoms with E-state index >= 15 is 0 Å². The van der Waals surface area contributed by atoms with E-state index in [9.17, 15) is 4.79 Å². The van der Waals surface area contributed by atoms with E-state index in [1.165, 1.54) is 14.7 Å². The minimum atomic E-state index is 0.159. The van der Waals surface area contributed by atoms with Crippen molar-refractivity contribution in [2.75, 3.05) is 0 Å². The van der Waals surface area contributed by atoms with Crippen molar-refractivity contribution in [3.63, 3.8) is 0 Å². The van der Waals surface area contributed by atoms with E-state index < -0.39 is 0 Å². The van der Waals surface area contributed by atoms with Gasteiger partial charge in [-0.3, -0.25) is 4.79 Å². The van der Waals surface area contributed by atoms with Crippen LogP contribution in [0.4, 0.5) is 0 Å². The Bertz CT molecular complexity index is 877. The fourth-order valence-corrected chi connectivity index (χ4v) is 4.93. The van der Waals surface area contributed by atoms with E-state index in [4.69, 9.17) is 0 Å². The number of fused-ring (bicyclic) bond motifs is 2. The molecule has 1 nitrogen and oxygen atoms in total. The molecule has 0 unspecified atom stereocenters. The smallest absolute Gasteiger partial charge is 0.195 e. The van der Waals surface area contributed by atoms with E-state index in [2.05, 4.69) is 61.6 Å². The Labute approximate surface area is 135 Å². The third-order valence-corrected chi connectivity index (χ3v) is 5.62. The number of halogens is 1. The Kier molecular flexibility index (Phi) is 3.58. The summed E-state index contributed by atoms with van der Waals surface area (Å²) in [6.07, 6.45) is 0. The highest BCUT2D eigenvalue weighted by Gasteiger charge is 2.11. The summed E-state index contributed by atoms with van der Waals surface area (Å²) >= 11 is 4.08. The molecule has 0 N–H and O–H groups in total. The number of benzene rings is 2. The molecule has 3 rings (SSSR count). The van der Waals surface area contributed by atoms with Gasteiger partial charge in [0.1, 0.15) is 0 Å². The van der Waals surface area contributed by atoms with Gasteiger partial charge in [-0.05, 0) is 70.8 Å². The first kappa shape index (κ1) is 14.0. The molecule has 0 aliphatic rings. The van der Waals surface area contributed by atoms with Crippen molar-refractivity contribution in [3.8, 4) is 0 Å². The van der Waals surface area contributed by atoms with Crippen LogP contribution in [0, 0.1) is 10.5 Å². The molecule has 0 fully saturated rings. The van der Waals surface area contributed by atoms with Gasteiger partial charge in [0.2, 0.25) is 0 Å². The highest BCUT2D eigenvalue weighted by Crippen LogP contribution is 2.31. The largest absolute Gasteiger partial charge is 0.289 e.